The van der Waals surface area contributed by atoms with Crippen molar-refractivity contribution < 1.29 is 0 Å². The van der Waals surface area contributed by atoms with Gasteiger partial charge in [-0.1, -0.05) is 61.9 Å². The fourth-order valence-electron chi connectivity index (χ4n) is 2.51. The minimum Gasteiger partial charge on any atom is -0.324 e. The van der Waals surface area contributed by atoms with Crippen LogP contribution in [0.5, 0.6) is 0 Å². The van der Waals surface area contributed by atoms with E-state index in [1.165, 1.54) is 23.9 Å². The molecule has 0 aliphatic carbocycles. The van der Waals surface area contributed by atoms with Crippen LogP contribution in [0.1, 0.15) is 31.2 Å². The molecule has 3 aromatic rings. The number of hydrogen-bond donors (Lipinski definition) is 0. The highest BCUT2D eigenvalue weighted by Crippen LogP contribution is 2.18. The van der Waals surface area contributed by atoms with Crippen molar-refractivity contribution in [3.63, 3.8) is 0 Å². The van der Waals surface area contributed by atoms with Gasteiger partial charge in [-0.15, -0.1) is 0 Å². The SMILES string of the molecule is CCCCn1c(C=Cc2ccccc2)nc2ccccc21. The molecule has 3 rings (SSSR count). The van der Waals surface area contributed by atoms with E-state index in [1.807, 2.05) is 12.1 Å². The Morgan fingerprint density at radius 1 is 0.952 bits per heavy atom. The lowest BCUT2D eigenvalue weighted by Gasteiger charge is -2.05. The molecule has 21 heavy (non-hydrogen) atoms. The summed E-state index contributed by atoms with van der Waals surface area (Å²) in [6, 6.07) is 18.7. The molecule has 1 heterocycles. The fourth-order valence-corrected chi connectivity index (χ4v) is 2.51. The summed E-state index contributed by atoms with van der Waals surface area (Å²) in [5, 5.41) is 0. The van der Waals surface area contributed by atoms with Crippen molar-refractivity contribution in [2.24, 2.45) is 0 Å². The molecule has 0 unspecified atom stereocenters. The molecule has 0 amide bonds. The molecule has 0 aliphatic heterocycles. The van der Waals surface area contributed by atoms with Gasteiger partial charge < -0.3 is 4.57 Å². The van der Waals surface area contributed by atoms with Gasteiger partial charge in [0.2, 0.25) is 0 Å². The largest absolute Gasteiger partial charge is 0.324 e. The highest BCUT2D eigenvalue weighted by atomic mass is 15.1. The van der Waals surface area contributed by atoms with Crippen LogP contribution < -0.4 is 0 Å². The summed E-state index contributed by atoms with van der Waals surface area (Å²) >= 11 is 0. The number of aromatic nitrogens is 2. The molecule has 2 heteroatoms. The number of imidazole rings is 1. The summed E-state index contributed by atoms with van der Waals surface area (Å²) in [5.74, 6) is 1.04. The third-order valence-electron chi connectivity index (χ3n) is 3.64. The van der Waals surface area contributed by atoms with Crippen LogP contribution in [0.4, 0.5) is 0 Å². The Kier molecular flexibility index (Phi) is 4.15. The predicted octanol–water partition coefficient (Wildman–Crippen LogP) is 5.01. The Labute approximate surface area is 125 Å². The fraction of sp³-hybridized carbons (Fsp3) is 0.211. The minimum atomic E-state index is 1.02. The summed E-state index contributed by atoms with van der Waals surface area (Å²) in [7, 11) is 0. The number of para-hydroxylation sites is 2. The molecule has 0 spiro atoms. The molecule has 0 saturated carbocycles. The Bertz CT molecular complexity index is 739. The highest BCUT2D eigenvalue weighted by molar-refractivity contribution is 5.79. The zero-order valence-corrected chi connectivity index (χ0v) is 12.4. The van der Waals surface area contributed by atoms with Crippen molar-refractivity contribution in [3.05, 3.63) is 66.0 Å². The lowest BCUT2D eigenvalue weighted by atomic mass is 10.2. The number of hydrogen-bond acceptors (Lipinski definition) is 1. The zero-order valence-electron chi connectivity index (χ0n) is 12.4. The highest BCUT2D eigenvalue weighted by Gasteiger charge is 2.07. The third-order valence-corrected chi connectivity index (χ3v) is 3.64. The van der Waals surface area contributed by atoms with E-state index in [2.05, 4.69) is 66.1 Å². The van der Waals surface area contributed by atoms with Crippen LogP contribution in [0.15, 0.2) is 54.6 Å². The van der Waals surface area contributed by atoms with E-state index in [1.54, 1.807) is 0 Å². The quantitative estimate of drug-likeness (QED) is 0.640. The van der Waals surface area contributed by atoms with Gasteiger partial charge in [-0.05, 0) is 30.2 Å². The molecule has 0 saturated heterocycles. The van der Waals surface area contributed by atoms with Crippen LogP contribution in [-0.4, -0.2) is 9.55 Å². The normalized spacial score (nSPS) is 11.5. The van der Waals surface area contributed by atoms with Crippen LogP contribution in [0.2, 0.25) is 0 Å². The number of rotatable bonds is 5. The van der Waals surface area contributed by atoms with Gasteiger partial charge >= 0.3 is 0 Å². The summed E-state index contributed by atoms with van der Waals surface area (Å²) < 4.78 is 2.32. The first kappa shape index (κ1) is 13.6. The maximum atomic E-state index is 4.76. The van der Waals surface area contributed by atoms with Crippen molar-refractivity contribution in [1.82, 2.24) is 9.55 Å². The molecule has 0 fully saturated rings. The van der Waals surface area contributed by atoms with Gasteiger partial charge in [0.1, 0.15) is 5.82 Å². The van der Waals surface area contributed by atoms with E-state index in [9.17, 15) is 0 Å². The molecule has 0 N–H and O–H groups in total. The van der Waals surface area contributed by atoms with E-state index in [-0.39, 0.29) is 0 Å². The Morgan fingerprint density at radius 2 is 1.71 bits per heavy atom. The van der Waals surface area contributed by atoms with E-state index in [4.69, 9.17) is 4.98 Å². The standard InChI is InChI=1S/C19H20N2/c1-2-3-15-21-18-12-8-7-11-17(18)20-19(21)14-13-16-9-5-4-6-10-16/h4-14H,2-3,15H2,1H3. The molecule has 2 nitrogen and oxygen atoms in total. The van der Waals surface area contributed by atoms with Gasteiger partial charge in [-0.25, -0.2) is 4.98 Å². The second-order valence-corrected chi connectivity index (χ2v) is 5.21. The number of aryl methyl sites for hydroxylation is 1. The van der Waals surface area contributed by atoms with Crippen molar-refractivity contribution in [3.8, 4) is 0 Å². The second-order valence-electron chi connectivity index (χ2n) is 5.21. The molecule has 2 aromatic carbocycles. The summed E-state index contributed by atoms with van der Waals surface area (Å²) in [6.07, 6.45) is 6.61. The monoisotopic (exact) mass is 276 g/mol. The van der Waals surface area contributed by atoms with Gasteiger partial charge in [0.25, 0.3) is 0 Å². The third kappa shape index (κ3) is 3.05. The summed E-state index contributed by atoms with van der Waals surface area (Å²) in [5.41, 5.74) is 3.49. The van der Waals surface area contributed by atoms with Gasteiger partial charge in [-0.3, -0.25) is 0 Å². The summed E-state index contributed by atoms with van der Waals surface area (Å²) in [6.45, 7) is 3.24. The van der Waals surface area contributed by atoms with Gasteiger partial charge in [-0.2, -0.15) is 0 Å². The van der Waals surface area contributed by atoms with Gasteiger partial charge in [0.05, 0.1) is 11.0 Å². The first-order chi connectivity index (χ1) is 10.4. The molecular weight excluding hydrogens is 256 g/mol. The average molecular weight is 276 g/mol. The van der Waals surface area contributed by atoms with E-state index >= 15 is 0 Å². The van der Waals surface area contributed by atoms with Gasteiger partial charge in [0.15, 0.2) is 0 Å². The Hall–Kier alpha value is -2.35. The molecular formula is C19H20N2. The smallest absolute Gasteiger partial charge is 0.133 e. The predicted molar refractivity (Wildman–Crippen MR) is 90.0 cm³/mol. The first-order valence-corrected chi connectivity index (χ1v) is 7.57. The van der Waals surface area contributed by atoms with Crippen molar-refractivity contribution in [2.75, 3.05) is 0 Å². The lowest BCUT2D eigenvalue weighted by Crippen LogP contribution is -2.00. The molecule has 0 atom stereocenters. The molecule has 1 aromatic heterocycles. The first-order valence-electron chi connectivity index (χ1n) is 7.57. The van der Waals surface area contributed by atoms with Gasteiger partial charge in [0, 0.05) is 6.54 Å². The van der Waals surface area contributed by atoms with Crippen molar-refractivity contribution in [2.45, 2.75) is 26.3 Å². The van der Waals surface area contributed by atoms with Crippen LogP contribution in [0, 0.1) is 0 Å². The molecule has 0 bridgehead atoms. The summed E-state index contributed by atoms with van der Waals surface area (Å²) in [4.78, 5) is 4.76. The van der Waals surface area contributed by atoms with E-state index < -0.39 is 0 Å². The average Bonchev–Trinajstić information content (AvgIpc) is 2.89. The maximum absolute atomic E-state index is 4.76. The van der Waals surface area contributed by atoms with Crippen LogP contribution in [-0.2, 0) is 6.54 Å². The number of benzene rings is 2. The Morgan fingerprint density at radius 3 is 2.52 bits per heavy atom. The molecule has 0 aliphatic rings. The Balaban J connectivity index is 1.98. The van der Waals surface area contributed by atoms with Crippen LogP contribution in [0.3, 0.4) is 0 Å². The number of unbranched alkanes of at least 4 members (excludes halogenated alkanes) is 1. The zero-order chi connectivity index (χ0) is 14.5. The minimum absolute atomic E-state index is 1.02. The van der Waals surface area contributed by atoms with Crippen molar-refractivity contribution in [1.29, 1.82) is 0 Å². The second kappa shape index (κ2) is 6.40. The number of nitrogens with zero attached hydrogens (tertiary/aromatic N) is 2. The molecule has 0 radical (unpaired) electrons. The lowest BCUT2D eigenvalue weighted by molar-refractivity contribution is 0.641. The maximum Gasteiger partial charge on any atom is 0.133 e. The number of fused-ring (bicyclic) bond motifs is 1. The van der Waals surface area contributed by atoms with Crippen LogP contribution >= 0.6 is 0 Å². The topological polar surface area (TPSA) is 17.8 Å². The van der Waals surface area contributed by atoms with E-state index in [0.29, 0.717) is 0 Å². The van der Waals surface area contributed by atoms with Crippen molar-refractivity contribution >= 4 is 23.2 Å². The van der Waals surface area contributed by atoms with E-state index in [0.717, 1.165) is 17.9 Å². The van der Waals surface area contributed by atoms with Crippen LogP contribution in [0.25, 0.3) is 23.2 Å². The molecule has 106 valence electrons.